The van der Waals surface area contributed by atoms with Gasteiger partial charge in [-0.2, -0.15) is 0 Å². The molecule has 21 heavy (non-hydrogen) atoms. The van der Waals surface area contributed by atoms with Gasteiger partial charge in [-0.05, 0) is 25.6 Å². The first-order valence-electron chi connectivity index (χ1n) is 6.83. The fourth-order valence-corrected chi connectivity index (χ4v) is 4.21. The summed E-state index contributed by atoms with van der Waals surface area (Å²) in [7, 11) is -0.193. The molecule has 0 aliphatic carbocycles. The summed E-state index contributed by atoms with van der Waals surface area (Å²) in [4.78, 5) is 14.1. The van der Waals surface area contributed by atoms with Crippen molar-refractivity contribution in [3.05, 3.63) is 29.8 Å². The van der Waals surface area contributed by atoms with Crippen molar-refractivity contribution in [2.45, 2.75) is 17.9 Å². The van der Waals surface area contributed by atoms with E-state index in [9.17, 15) is 13.2 Å². The molecule has 2 rings (SSSR count). The van der Waals surface area contributed by atoms with E-state index >= 15 is 0 Å². The molecule has 1 amide bonds. The molecule has 0 saturated carbocycles. The van der Waals surface area contributed by atoms with Gasteiger partial charge in [-0.3, -0.25) is 4.79 Å². The van der Waals surface area contributed by atoms with Gasteiger partial charge in [-0.1, -0.05) is 18.2 Å². The topological polar surface area (TPSA) is 78.5 Å². The molecule has 0 spiro atoms. The fraction of sp³-hybridized carbons (Fsp3) is 0.500. The lowest BCUT2D eigenvalue weighted by molar-refractivity contribution is -0.124. The number of carbonyl (C=O) groups is 1. The Hall–Kier alpha value is -1.44. The molecule has 0 unspecified atom stereocenters. The zero-order valence-corrected chi connectivity index (χ0v) is 13.3. The fourth-order valence-electron chi connectivity index (χ4n) is 2.69. The summed E-state index contributed by atoms with van der Waals surface area (Å²) in [6.07, 6.45) is 0. The summed E-state index contributed by atoms with van der Waals surface area (Å²) < 4.78 is 27.7. The minimum Gasteiger partial charge on any atom is -0.359 e. The van der Waals surface area contributed by atoms with Gasteiger partial charge in [0.25, 0.3) is 0 Å². The van der Waals surface area contributed by atoms with E-state index in [1.165, 1.54) is 0 Å². The van der Waals surface area contributed by atoms with Crippen molar-refractivity contribution < 1.29 is 13.2 Å². The maximum absolute atomic E-state index is 12.5. The van der Waals surface area contributed by atoms with Gasteiger partial charge in [-0.25, -0.2) is 13.1 Å². The average Bonchev–Trinajstić information content (AvgIpc) is 2.78. The van der Waals surface area contributed by atoms with Crippen LogP contribution in [0.3, 0.4) is 0 Å². The lowest BCUT2D eigenvalue weighted by Crippen LogP contribution is -2.45. The number of hydrogen-bond donors (Lipinski definition) is 2. The normalized spacial score (nSPS) is 23.2. The molecule has 2 atom stereocenters. The molecular weight excluding hydrogens is 290 g/mol. The quantitative estimate of drug-likeness (QED) is 0.817. The van der Waals surface area contributed by atoms with Crippen LogP contribution >= 0.6 is 0 Å². The van der Waals surface area contributed by atoms with Gasteiger partial charge in [0.15, 0.2) is 0 Å². The number of sulfonamides is 1. The first-order valence-corrected chi connectivity index (χ1v) is 8.31. The minimum atomic E-state index is -3.63. The predicted molar refractivity (Wildman–Crippen MR) is 80.3 cm³/mol. The maximum Gasteiger partial charge on any atom is 0.241 e. The summed E-state index contributed by atoms with van der Waals surface area (Å²) in [5.41, 5.74) is 0.688. The SMILES string of the molecule is CNC(=O)[C@H]1CN(C)C[C@@H]1NS(=O)(=O)c1ccccc1C. The van der Waals surface area contributed by atoms with E-state index < -0.39 is 16.1 Å². The molecule has 7 heteroatoms. The van der Waals surface area contributed by atoms with Crippen molar-refractivity contribution in [1.29, 1.82) is 0 Å². The van der Waals surface area contributed by atoms with Gasteiger partial charge in [0.2, 0.25) is 15.9 Å². The van der Waals surface area contributed by atoms with Crippen LogP contribution in [0.4, 0.5) is 0 Å². The van der Waals surface area contributed by atoms with Gasteiger partial charge >= 0.3 is 0 Å². The van der Waals surface area contributed by atoms with Gasteiger partial charge in [0.05, 0.1) is 10.8 Å². The van der Waals surface area contributed by atoms with Crippen LogP contribution in [-0.4, -0.2) is 52.5 Å². The minimum absolute atomic E-state index is 0.142. The summed E-state index contributed by atoms with van der Waals surface area (Å²) in [6, 6.07) is 6.40. The molecule has 0 radical (unpaired) electrons. The van der Waals surface area contributed by atoms with E-state index in [-0.39, 0.29) is 16.7 Å². The van der Waals surface area contributed by atoms with E-state index in [4.69, 9.17) is 0 Å². The summed E-state index contributed by atoms with van der Waals surface area (Å²) >= 11 is 0. The van der Waals surface area contributed by atoms with Gasteiger partial charge in [0, 0.05) is 26.2 Å². The second-order valence-corrected chi connectivity index (χ2v) is 7.12. The summed E-state index contributed by atoms with van der Waals surface area (Å²) in [6.45, 7) is 2.81. The smallest absolute Gasteiger partial charge is 0.241 e. The van der Waals surface area contributed by atoms with E-state index in [1.54, 1.807) is 38.2 Å². The van der Waals surface area contributed by atoms with Crippen LogP contribution in [0, 0.1) is 12.8 Å². The second-order valence-electron chi connectivity index (χ2n) is 5.44. The largest absolute Gasteiger partial charge is 0.359 e. The van der Waals surface area contributed by atoms with Crippen LogP contribution < -0.4 is 10.0 Å². The van der Waals surface area contributed by atoms with E-state index in [0.29, 0.717) is 18.7 Å². The number of nitrogens with zero attached hydrogens (tertiary/aromatic N) is 1. The lowest BCUT2D eigenvalue weighted by Gasteiger charge is -2.19. The number of hydrogen-bond acceptors (Lipinski definition) is 4. The Labute approximate surface area is 125 Å². The third kappa shape index (κ3) is 3.42. The zero-order chi connectivity index (χ0) is 15.6. The molecule has 1 aliphatic heterocycles. The monoisotopic (exact) mass is 311 g/mol. The zero-order valence-electron chi connectivity index (χ0n) is 12.5. The average molecular weight is 311 g/mol. The number of amides is 1. The first kappa shape index (κ1) is 15.9. The highest BCUT2D eigenvalue weighted by Crippen LogP contribution is 2.20. The molecule has 1 fully saturated rings. The number of likely N-dealkylation sites (N-methyl/N-ethyl adjacent to an activating group) is 1. The molecule has 1 heterocycles. The maximum atomic E-state index is 12.5. The summed E-state index contributed by atoms with van der Waals surface area (Å²) in [5.74, 6) is -0.518. The third-order valence-corrected chi connectivity index (χ3v) is 5.43. The van der Waals surface area contributed by atoms with Crippen LogP contribution in [0.1, 0.15) is 5.56 Å². The lowest BCUT2D eigenvalue weighted by atomic mass is 10.0. The molecule has 1 aromatic rings. The second kappa shape index (κ2) is 6.13. The molecule has 0 aromatic heterocycles. The van der Waals surface area contributed by atoms with Crippen molar-refractivity contribution in [3.63, 3.8) is 0 Å². The highest BCUT2D eigenvalue weighted by atomic mass is 32.2. The Bertz CT molecular complexity index is 630. The van der Waals surface area contributed by atoms with E-state index in [0.717, 1.165) is 0 Å². The molecule has 1 saturated heterocycles. The van der Waals surface area contributed by atoms with Gasteiger partial charge < -0.3 is 10.2 Å². The van der Waals surface area contributed by atoms with Crippen molar-refractivity contribution in [2.24, 2.45) is 5.92 Å². The van der Waals surface area contributed by atoms with E-state index in [1.807, 2.05) is 11.9 Å². The molecule has 0 bridgehead atoms. The Morgan fingerprint density at radius 1 is 1.29 bits per heavy atom. The Kier molecular flexibility index (Phi) is 4.65. The number of carbonyl (C=O) groups excluding carboxylic acids is 1. The van der Waals surface area contributed by atoms with Crippen LogP contribution in [-0.2, 0) is 14.8 Å². The standard InChI is InChI=1S/C14H21N3O3S/c1-10-6-4-5-7-13(10)21(19,20)16-12-9-17(3)8-11(12)14(18)15-2/h4-7,11-12,16H,8-9H2,1-3H3,(H,15,18)/t11-,12-/m0/s1. The Balaban J connectivity index is 2.23. The molecule has 1 aromatic carbocycles. The van der Waals surface area contributed by atoms with Crippen LogP contribution in [0.15, 0.2) is 29.2 Å². The Morgan fingerprint density at radius 3 is 2.57 bits per heavy atom. The van der Waals surface area contributed by atoms with Crippen molar-refractivity contribution in [1.82, 2.24) is 14.9 Å². The van der Waals surface area contributed by atoms with Crippen LogP contribution in [0.25, 0.3) is 0 Å². The van der Waals surface area contributed by atoms with Crippen molar-refractivity contribution in [2.75, 3.05) is 27.2 Å². The van der Waals surface area contributed by atoms with Crippen molar-refractivity contribution in [3.8, 4) is 0 Å². The molecule has 6 nitrogen and oxygen atoms in total. The van der Waals surface area contributed by atoms with Gasteiger partial charge in [0.1, 0.15) is 0 Å². The highest BCUT2D eigenvalue weighted by molar-refractivity contribution is 7.89. The number of likely N-dealkylation sites (tertiary alicyclic amines) is 1. The third-order valence-electron chi connectivity index (χ3n) is 3.78. The van der Waals surface area contributed by atoms with E-state index in [2.05, 4.69) is 10.0 Å². The number of rotatable bonds is 4. The number of benzene rings is 1. The molecule has 116 valence electrons. The van der Waals surface area contributed by atoms with Crippen LogP contribution in [0.5, 0.6) is 0 Å². The van der Waals surface area contributed by atoms with Crippen LogP contribution in [0.2, 0.25) is 0 Å². The Morgan fingerprint density at radius 2 is 1.95 bits per heavy atom. The summed E-state index contributed by atoms with van der Waals surface area (Å²) in [5, 5.41) is 2.59. The number of aryl methyl sites for hydroxylation is 1. The van der Waals surface area contributed by atoms with Crippen molar-refractivity contribution >= 4 is 15.9 Å². The molecule has 2 N–H and O–H groups in total. The molecular formula is C14H21N3O3S. The van der Waals surface area contributed by atoms with Gasteiger partial charge in [-0.15, -0.1) is 0 Å². The number of nitrogens with one attached hydrogen (secondary N) is 2. The predicted octanol–water partition coefficient (Wildman–Crippen LogP) is -0.0505. The first-order chi connectivity index (χ1) is 9.85. The highest BCUT2D eigenvalue weighted by Gasteiger charge is 2.38. The molecule has 1 aliphatic rings.